The summed E-state index contributed by atoms with van der Waals surface area (Å²) in [5.74, 6) is -0.987. The monoisotopic (exact) mass is 358 g/mol. The molecule has 1 aliphatic rings. The Hall–Kier alpha value is -2.34. The summed E-state index contributed by atoms with van der Waals surface area (Å²) in [6.07, 6.45) is 3.56. The molecule has 0 heterocycles. The van der Waals surface area contributed by atoms with Gasteiger partial charge in [0.1, 0.15) is 5.82 Å². The van der Waals surface area contributed by atoms with E-state index in [-0.39, 0.29) is 29.8 Å². The van der Waals surface area contributed by atoms with Gasteiger partial charge in [-0.1, -0.05) is 30.3 Å². The molecule has 2 N–H and O–H groups in total. The second-order valence-corrected chi connectivity index (χ2v) is 6.97. The fourth-order valence-electron chi connectivity index (χ4n) is 2.85. The van der Waals surface area contributed by atoms with Gasteiger partial charge in [0.25, 0.3) is 0 Å². The van der Waals surface area contributed by atoms with E-state index >= 15 is 0 Å². The number of hydrogen-bond donors (Lipinski definition) is 2. The lowest BCUT2D eigenvalue weighted by Gasteiger charge is -2.08. The molecular formula is C19H19FN2O2S. The second kappa shape index (κ2) is 8.16. The van der Waals surface area contributed by atoms with Crippen molar-refractivity contribution in [2.24, 2.45) is 0 Å². The number of benzene rings is 2. The van der Waals surface area contributed by atoms with Gasteiger partial charge in [0.15, 0.2) is 0 Å². The number of carbonyl (C=O) groups excluding carboxylic acids is 2. The number of thioether (sulfide) groups is 1. The lowest BCUT2D eigenvalue weighted by atomic mass is 10.0. The largest absolute Gasteiger partial charge is 0.273 e. The van der Waals surface area contributed by atoms with Crippen LogP contribution in [0.1, 0.15) is 23.1 Å². The zero-order valence-electron chi connectivity index (χ0n) is 13.7. The Kier molecular flexibility index (Phi) is 5.71. The average Bonchev–Trinajstić information content (AvgIpc) is 3.07. The highest BCUT2D eigenvalue weighted by atomic mass is 32.2. The van der Waals surface area contributed by atoms with Gasteiger partial charge in [-0.3, -0.25) is 20.4 Å². The van der Waals surface area contributed by atoms with Gasteiger partial charge < -0.3 is 0 Å². The number of amides is 2. The van der Waals surface area contributed by atoms with Gasteiger partial charge in [0.05, 0.1) is 12.2 Å². The summed E-state index contributed by atoms with van der Waals surface area (Å²) in [5, 5.41) is 0. The molecule has 130 valence electrons. The van der Waals surface area contributed by atoms with Crippen LogP contribution in [0.2, 0.25) is 0 Å². The van der Waals surface area contributed by atoms with E-state index in [2.05, 4.69) is 23.0 Å². The first-order chi connectivity index (χ1) is 12.1. The van der Waals surface area contributed by atoms with E-state index in [0.29, 0.717) is 4.90 Å². The van der Waals surface area contributed by atoms with Crippen LogP contribution in [-0.2, 0) is 28.9 Å². The Morgan fingerprint density at radius 2 is 1.76 bits per heavy atom. The van der Waals surface area contributed by atoms with Gasteiger partial charge in [-0.25, -0.2) is 4.39 Å². The maximum Gasteiger partial charge on any atom is 0.248 e. The van der Waals surface area contributed by atoms with Gasteiger partial charge in [0.2, 0.25) is 11.8 Å². The van der Waals surface area contributed by atoms with E-state index in [1.54, 1.807) is 18.2 Å². The van der Waals surface area contributed by atoms with Crippen molar-refractivity contribution in [1.29, 1.82) is 0 Å². The van der Waals surface area contributed by atoms with Crippen LogP contribution in [-0.4, -0.2) is 17.6 Å². The first kappa shape index (κ1) is 17.5. The van der Waals surface area contributed by atoms with Crippen LogP contribution in [0.3, 0.4) is 0 Å². The smallest absolute Gasteiger partial charge is 0.248 e. The van der Waals surface area contributed by atoms with Crippen molar-refractivity contribution in [2.45, 2.75) is 30.6 Å². The molecule has 2 aromatic carbocycles. The topological polar surface area (TPSA) is 58.2 Å². The number of hydrazine groups is 1. The van der Waals surface area contributed by atoms with E-state index in [0.717, 1.165) is 30.2 Å². The molecule has 0 fully saturated rings. The molecule has 0 radical (unpaired) electrons. The third-order valence-corrected chi connectivity index (χ3v) is 5.11. The van der Waals surface area contributed by atoms with E-state index in [4.69, 9.17) is 0 Å². The SMILES string of the molecule is O=C(CSc1ccccc1F)NNC(=O)Cc1ccc2c(c1)CCC2. The van der Waals surface area contributed by atoms with Gasteiger partial charge in [-0.05, 0) is 48.1 Å². The van der Waals surface area contributed by atoms with Crippen molar-refractivity contribution in [3.05, 3.63) is 65.0 Å². The molecule has 2 amide bonds. The summed E-state index contributed by atoms with van der Waals surface area (Å²) in [6, 6.07) is 12.4. The van der Waals surface area contributed by atoms with Crippen LogP contribution in [0, 0.1) is 5.82 Å². The zero-order valence-corrected chi connectivity index (χ0v) is 14.5. The number of aryl methyl sites for hydroxylation is 2. The first-order valence-electron chi connectivity index (χ1n) is 8.17. The van der Waals surface area contributed by atoms with E-state index in [1.165, 1.54) is 23.6 Å². The van der Waals surface area contributed by atoms with Crippen molar-refractivity contribution in [1.82, 2.24) is 10.9 Å². The Bertz CT molecular complexity index is 795. The van der Waals surface area contributed by atoms with Crippen molar-refractivity contribution >= 4 is 23.6 Å². The summed E-state index contributed by atoms with van der Waals surface area (Å²) in [4.78, 5) is 24.1. The Labute approximate surface area is 150 Å². The molecular weight excluding hydrogens is 339 g/mol. The summed E-state index contributed by atoms with van der Waals surface area (Å²) < 4.78 is 13.5. The average molecular weight is 358 g/mol. The van der Waals surface area contributed by atoms with Crippen LogP contribution < -0.4 is 10.9 Å². The zero-order chi connectivity index (χ0) is 17.6. The molecule has 0 saturated carbocycles. The molecule has 0 atom stereocenters. The van der Waals surface area contributed by atoms with Crippen molar-refractivity contribution in [3.8, 4) is 0 Å². The van der Waals surface area contributed by atoms with Crippen molar-refractivity contribution in [2.75, 3.05) is 5.75 Å². The fourth-order valence-corrected chi connectivity index (χ4v) is 3.58. The quantitative estimate of drug-likeness (QED) is 0.638. The number of hydrogen-bond acceptors (Lipinski definition) is 3. The molecule has 1 aliphatic carbocycles. The Morgan fingerprint density at radius 1 is 1.00 bits per heavy atom. The van der Waals surface area contributed by atoms with Crippen LogP contribution >= 0.6 is 11.8 Å². The van der Waals surface area contributed by atoms with Crippen molar-refractivity contribution < 1.29 is 14.0 Å². The number of halogens is 1. The first-order valence-corrected chi connectivity index (χ1v) is 9.16. The normalized spacial score (nSPS) is 12.5. The molecule has 0 bridgehead atoms. The molecule has 0 saturated heterocycles. The predicted molar refractivity (Wildman–Crippen MR) is 95.6 cm³/mol. The molecule has 25 heavy (non-hydrogen) atoms. The highest BCUT2D eigenvalue weighted by molar-refractivity contribution is 8.00. The maximum atomic E-state index is 13.5. The van der Waals surface area contributed by atoms with E-state index in [1.807, 2.05) is 6.07 Å². The fraction of sp³-hybridized carbons (Fsp3) is 0.263. The molecule has 6 heteroatoms. The minimum atomic E-state index is -0.379. The second-order valence-electron chi connectivity index (χ2n) is 5.95. The van der Waals surface area contributed by atoms with Crippen LogP contribution in [0.15, 0.2) is 47.4 Å². The summed E-state index contributed by atoms with van der Waals surface area (Å²) in [5.41, 5.74) is 8.38. The molecule has 0 unspecified atom stereocenters. The summed E-state index contributed by atoms with van der Waals surface area (Å²) in [7, 11) is 0. The van der Waals surface area contributed by atoms with Gasteiger partial charge >= 0.3 is 0 Å². The van der Waals surface area contributed by atoms with Crippen molar-refractivity contribution in [3.63, 3.8) is 0 Å². The van der Waals surface area contributed by atoms with Gasteiger partial charge in [-0.15, -0.1) is 11.8 Å². The van der Waals surface area contributed by atoms with Crippen LogP contribution in [0.4, 0.5) is 4.39 Å². The molecule has 4 nitrogen and oxygen atoms in total. The summed E-state index contributed by atoms with van der Waals surface area (Å²) >= 11 is 1.09. The number of nitrogens with one attached hydrogen (secondary N) is 2. The molecule has 0 aliphatic heterocycles. The molecule has 0 spiro atoms. The standard InChI is InChI=1S/C19H19FN2O2S/c20-16-6-1-2-7-17(16)25-12-19(24)22-21-18(23)11-13-8-9-14-4-3-5-15(14)10-13/h1-2,6-10H,3-5,11-12H2,(H,21,23)(H,22,24). The van der Waals surface area contributed by atoms with Gasteiger partial charge in [0, 0.05) is 4.90 Å². The highest BCUT2D eigenvalue weighted by Gasteiger charge is 2.13. The van der Waals surface area contributed by atoms with Crippen LogP contribution in [0.5, 0.6) is 0 Å². The maximum absolute atomic E-state index is 13.5. The molecule has 2 aromatic rings. The lowest BCUT2D eigenvalue weighted by Crippen LogP contribution is -2.43. The minimum Gasteiger partial charge on any atom is -0.273 e. The van der Waals surface area contributed by atoms with Crippen LogP contribution in [0.25, 0.3) is 0 Å². The molecule has 3 rings (SSSR count). The number of carbonyl (C=O) groups is 2. The van der Waals surface area contributed by atoms with E-state index < -0.39 is 0 Å². The highest BCUT2D eigenvalue weighted by Crippen LogP contribution is 2.23. The van der Waals surface area contributed by atoms with Gasteiger partial charge in [-0.2, -0.15) is 0 Å². The summed E-state index contributed by atoms with van der Waals surface area (Å²) in [6.45, 7) is 0. The number of fused-ring (bicyclic) bond motifs is 1. The lowest BCUT2D eigenvalue weighted by molar-refractivity contribution is -0.127. The van der Waals surface area contributed by atoms with E-state index in [9.17, 15) is 14.0 Å². The number of rotatable bonds is 5. The minimum absolute atomic E-state index is 0.0278. The molecule has 0 aromatic heterocycles. The third kappa shape index (κ3) is 4.82. The third-order valence-electron chi connectivity index (χ3n) is 4.06. The predicted octanol–water partition coefficient (Wildman–Crippen LogP) is 2.80. The Morgan fingerprint density at radius 3 is 2.60 bits per heavy atom. The Balaban J connectivity index is 1.42.